The molecule has 0 spiro atoms. The Balaban J connectivity index is 1.92. The van der Waals surface area contributed by atoms with Crippen molar-refractivity contribution in [2.24, 2.45) is 0 Å². The van der Waals surface area contributed by atoms with Crippen molar-refractivity contribution >= 4 is 17.4 Å². The fourth-order valence-electron chi connectivity index (χ4n) is 2.01. The molecule has 0 saturated carbocycles. The lowest BCUT2D eigenvalue weighted by Gasteiger charge is -2.14. The van der Waals surface area contributed by atoms with Crippen LogP contribution in [0.25, 0.3) is 0 Å². The van der Waals surface area contributed by atoms with E-state index in [0.717, 1.165) is 27.9 Å². The van der Waals surface area contributed by atoms with E-state index in [4.69, 9.17) is 5.11 Å². The largest absolute Gasteiger partial charge is 0.394 e. The van der Waals surface area contributed by atoms with Crippen LogP contribution in [-0.4, -0.2) is 33.7 Å². The molecule has 120 valence electrons. The van der Waals surface area contributed by atoms with E-state index in [1.807, 2.05) is 37.4 Å². The van der Waals surface area contributed by atoms with Gasteiger partial charge in [-0.25, -0.2) is 8.78 Å². The zero-order valence-corrected chi connectivity index (χ0v) is 13.1. The number of aromatic nitrogens is 2. The van der Waals surface area contributed by atoms with E-state index in [0.29, 0.717) is 6.54 Å². The number of halogens is 2. The minimum absolute atomic E-state index is 0.0500. The molecule has 0 saturated heterocycles. The maximum Gasteiger partial charge on any atom is 0.247 e. The number of aliphatic hydroxyl groups is 1. The Bertz CT molecular complexity index is 574. The summed E-state index contributed by atoms with van der Waals surface area (Å²) in [6.45, 7) is 2.53. The van der Waals surface area contributed by atoms with E-state index in [1.165, 1.54) is 0 Å². The van der Waals surface area contributed by atoms with E-state index in [1.54, 1.807) is 10.9 Å². The van der Waals surface area contributed by atoms with Crippen LogP contribution in [0.1, 0.15) is 18.5 Å². The summed E-state index contributed by atoms with van der Waals surface area (Å²) >= 11 is 1.15. The number of nitrogens with one attached hydrogen (secondary N) is 1. The van der Waals surface area contributed by atoms with Gasteiger partial charge in [0.05, 0.1) is 30.8 Å². The lowest BCUT2D eigenvalue weighted by molar-refractivity contribution is 0.177. The molecule has 2 N–H and O–H groups in total. The molecule has 1 atom stereocenters. The topological polar surface area (TPSA) is 50.1 Å². The first-order valence-electron chi connectivity index (χ1n) is 6.99. The smallest absolute Gasteiger partial charge is 0.247 e. The molecule has 1 heterocycles. The van der Waals surface area contributed by atoms with Gasteiger partial charge in [-0.2, -0.15) is 5.10 Å². The van der Waals surface area contributed by atoms with Crippen LogP contribution >= 0.6 is 11.8 Å². The molecule has 2 aromatic rings. The molecule has 22 heavy (non-hydrogen) atoms. The highest BCUT2D eigenvalue weighted by molar-refractivity contribution is 7.99. The Morgan fingerprint density at radius 1 is 1.32 bits per heavy atom. The predicted molar refractivity (Wildman–Crippen MR) is 84.5 cm³/mol. The Labute approximate surface area is 132 Å². The van der Waals surface area contributed by atoms with Crippen molar-refractivity contribution in [1.29, 1.82) is 0 Å². The predicted octanol–water partition coefficient (Wildman–Crippen LogP) is 3.41. The van der Waals surface area contributed by atoms with Crippen LogP contribution in [-0.2, 0) is 6.54 Å². The van der Waals surface area contributed by atoms with Crippen molar-refractivity contribution in [3.05, 3.63) is 42.2 Å². The van der Waals surface area contributed by atoms with Gasteiger partial charge in [0, 0.05) is 17.1 Å². The number of thioether (sulfide) groups is 1. The summed E-state index contributed by atoms with van der Waals surface area (Å²) in [7, 11) is 0. The Kier molecular flexibility index (Phi) is 6.21. The molecule has 1 aromatic carbocycles. The number of nitrogens with zero attached hydrogens (tertiary/aromatic N) is 2. The third-order valence-electron chi connectivity index (χ3n) is 3.10. The summed E-state index contributed by atoms with van der Waals surface area (Å²) in [4.78, 5) is 0.840. The molecular formula is C15H19F2N3OS. The first-order chi connectivity index (χ1) is 10.6. The molecular weight excluding hydrogens is 308 g/mol. The lowest BCUT2D eigenvalue weighted by atomic mass is 10.1. The minimum atomic E-state index is -2.29. The van der Waals surface area contributed by atoms with E-state index < -0.39 is 6.43 Å². The van der Waals surface area contributed by atoms with Gasteiger partial charge >= 0.3 is 0 Å². The minimum Gasteiger partial charge on any atom is -0.394 e. The van der Waals surface area contributed by atoms with Crippen molar-refractivity contribution < 1.29 is 13.9 Å². The van der Waals surface area contributed by atoms with E-state index in [-0.39, 0.29) is 18.4 Å². The molecule has 0 aliphatic carbocycles. The molecule has 0 bridgehead atoms. The highest BCUT2D eigenvalue weighted by Gasteiger charge is 2.08. The molecule has 0 aliphatic heterocycles. The summed E-state index contributed by atoms with van der Waals surface area (Å²) in [5.41, 5.74) is 1.94. The highest BCUT2D eigenvalue weighted by atomic mass is 32.2. The third-order valence-corrected chi connectivity index (χ3v) is 4.13. The zero-order chi connectivity index (χ0) is 15.9. The van der Waals surface area contributed by atoms with Gasteiger partial charge in [0.1, 0.15) is 0 Å². The second-order valence-corrected chi connectivity index (χ2v) is 5.95. The van der Waals surface area contributed by atoms with Crippen molar-refractivity contribution in [2.75, 3.05) is 17.7 Å². The SMILES string of the molecule is CC(Nc1cnn(CCO)c1)c1ccc(SCC(F)F)cc1. The number of benzene rings is 1. The van der Waals surface area contributed by atoms with Crippen LogP contribution < -0.4 is 5.32 Å². The van der Waals surface area contributed by atoms with E-state index >= 15 is 0 Å². The van der Waals surface area contributed by atoms with Gasteiger partial charge in [-0.1, -0.05) is 12.1 Å². The lowest BCUT2D eigenvalue weighted by Crippen LogP contribution is -2.06. The summed E-state index contributed by atoms with van der Waals surface area (Å²) in [6.07, 6.45) is 1.25. The molecule has 1 aromatic heterocycles. The molecule has 0 amide bonds. The summed E-state index contributed by atoms with van der Waals surface area (Å²) in [5, 5.41) is 16.3. The van der Waals surface area contributed by atoms with Crippen LogP contribution in [0.2, 0.25) is 0 Å². The molecule has 0 radical (unpaired) electrons. The van der Waals surface area contributed by atoms with Crippen LogP contribution in [0.15, 0.2) is 41.6 Å². The van der Waals surface area contributed by atoms with Gasteiger partial charge < -0.3 is 10.4 Å². The molecule has 4 nitrogen and oxygen atoms in total. The Morgan fingerprint density at radius 2 is 2.05 bits per heavy atom. The Morgan fingerprint density at radius 3 is 2.68 bits per heavy atom. The van der Waals surface area contributed by atoms with Gasteiger partial charge in [0.25, 0.3) is 0 Å². The van der Waals surface area contributed by atoms with Crippen LogP contribution in [0, 0.1) is 0 Å². The standard InChI is InChI=1S/C15H19F2N3OS/c1-11(19-13-8-18-20(9-13)6-7-21)12-2-4-14(5-3-12)22-10-15(16)17/h2-5,8-9,11,15,19,21H,6-7,10H2,1H3. The number of aliphatic hydroxyl groups excluding tert-OH is 1. The molecule has 7 heteroatoms. The molecule has 0 fully saturated rings. The van der Waals surface area contributed by atoms with Crippen molar-refractivity contribution in [2.45, 2.75) is 30.8 Å². The fraction of sp³-hybridized carbons (Fsp3) is 0.400. The highest BCUT2D eigenvalue weighted by Crippen LogP contribution is 2.24. The normalized spacial score (nSPS) is 12.6. The first kappa shape index (κ1) is 16.8. The van der Waals surface area contributed by atoms with Crippen LogP contribution in [0.4, 0.5) is 14.5 Å². The van der Waals surface area contributed by atoms with Gasteiger partial charge in [0.2, 0.25) is 6.43 Å². The van der Waals surface area contributed by atoms with Gasteiger partial charge in [0.15, 0.2) is 0 Å². The summed E-state index contributed by atoms with van der Waals surface area (Å²) in [6, 6.07) is 7.65. The zero-order valence-electron chi connectivity index (χ0n) is 12.2. The molecule has 2 rings (SSSR count). The fourth-order valence-corrected chi connectivity index (χ4v) is 2.66. The van der Waals surface area contributed by atoms with Gasteiger partial charge in [-0.15, -0.1) is 11.8 Å². The van der Waals surface area contributed by atoms with Crippen molar-refractivity contribution in [1.82, 2.24) is 9.78 Å². The first-order valence-corrected chi connectivity index (χ1v) is 7.98. The Hall–Kier alpha value is -1.60. The van der Waals surface area contributed by atoms with Crippen LogP contribution in [0.3, 0.4) is 0 Å². The van der Waals surface area contributed by atoms with Crippen LogP contribution in [0.5, 0.6) is 0 Å². The average molecular weight is 327 g/mol. The van der Waals surface area contributed by atoms with E-state index in [2.05, 4.69) is 10.4 Å². The van der Waals surface area contributed by atoms with Crippen molar-refractivity contribution in [3.63, 3.8) is 0 Å². The number of hydrogen-bond donors (Lipinski definition) is 2. The van der Waals surface area contributed by atoms with Gasteiger partial charge in [-0.3, -0.25) is 4.68 Å². The number of alkyl halides is 2. The molecule has 1 unspecified atom stereocenters. The van der Waals surface area contributed by atoms with E-state index in [9.17, 15) is 8.78 Å². The quantitative estimate of drug-likeness (QED) is 0.730. The number of anilines is 1. The van der Waals surface area contributed by atoms with Crippen molar-refractivity contribution in [3.8, 4) is 0 Å². The van der Waals surface area contributed by atoms with Gasteiger partial charge in [-0.05, 0) is 24.6 Å². The maximum absolute atomic E-state index is 12.2. The second kappa shape index (κ2) is 8.14. The number of rotatable bonds is 8. The molecule has 0 aliphatic rings. The summed E-state index contributed by atoms with van der Waals surface area (Å²) in [5.74, 6) is -0.183. The average Bonchev–Trinajstić information content (AvgIpc) is 2.93. The number of hydrogen-bond acceptors (Lipinski definition) is 4. The monoisotopic (exact) mass is 327 g/mol. The summed E-state index contributed by atoms with van der Waals surface area (Å²) < 4.78 is 26.0. The maximum atomic E-state index is 12.2. The third kappa shape index (κ3) is 4.99. The second-order valence-electron chi connectivity index (χ2n) is 4.85.